The molecule has 3 aromatic rings. The second-order valence-corrected chi connectivity index (χ2v) is 8.76. The summed E-state index contributed by atoms with van der Waals surface area (Å²) < 4.78 is 34.5. The Morgan fingerprint density at radius 1 is 1.19 bits per heavy atom. The van der Waals surface area contributed by atoms with Crippen molar-refractivity contribution in [1.29, 1.82) is 0 Å². The Hall–Kier alpha value is -3.00. The van der Waals surface area contributed by atoms with Gasteiger partial charge in [-0.25, -0.2) is 18.6 Å². The van der Waals surface area contributed by atoms with Crippen LogP contribution in [0.4, 0.5) is 13.6 Å². The fraction of sp³-hybridized carbons (Fsp3) is 0.318. The van der Waals surface area contributed by atoms with Crippen LogP contribution in [0.25, 0.3) is 16.6 Å². The molecule has 31 heavy (non-hydrogen) atoms. The monoisotopic (exact) mass is 447 g/mol. The van der Waals surface area contributed by atoms with E-state index in [9.17, 15) is 18.4 Å². The highest BCUT2D eigenvalue weighted by Crippen LogP contribution is 2.35. The second kappa shape index (κ2) is 7.60. The number of hydrogen-bond donors (Lipinski definition) is 0. The predicted molar refractivity (Wildman–Crippen MR) is 113 cm³/mol. The Morgan fingerprint density at radius 2 is 1.87 bits per heavy atom. The molecule has 1 saturated heterocycles. The van der Waals surface area contributed by atoms with Gasteiger partial charge >= 0.3 is 6.09 Å². The summed E-state index contributed by atoms with van der Waals surface area (Å²) >= 11 is 6.23. The van der Waals surface area contributed by atoms with Crippen LogP contribution < -0.4 is 5.56 Å². The Kier molecular flexibility index (Phi) is 5.21. The van der Waals surface area contributed by atoms with E-state index < -0.39 is 34.9 Å². The Balaban J connectivity index is 1.92. The highest BCUT2D eigenvalue weighted by molar-refractivity contribution is 6.35. The molecule has 0 radical (unpaired) electrons. The highest BCUT2D eigenvalue weighted by Gasteiger charge is 2.39. The van der Waals surface area contributed by atoms with Crippen molar-refractivity contribution in [2.75, 3.05) is 6.54 Å². The minimum absolute atomic E-state index is 0.0390. The van der Waals surface area contributed by atoms with Gasteiger partial charge in [-0.1, -0.05) is 17.7 Å². The lowest BCUT2D eigenvalue weighted by Gasteiger charge is -2.41. The molecule has 1 atom stereocenters. The van der Waals surface area contributed by atoms with Crippen LogP contribution >= 0.6 is 11.6 Å². The minimum atomic E-state index is -0.843. The van der Waals surface area contributed by atoms with E-state index in [-0.39, 0.29) is 21.9 Å². The molecule has 2 aromatic carbocycles. The summed E-state index contributed by atoms with van der Waals surface area (Å²) in [6.07, 6.45) is -0.0450. The SMILES string of the molecule is CC(C)(C)OC(=O)N1CC[C@H]1c1nc2cccc(Cl)c2c(=O)n1-c1cc(F)cc(F)c1. The van der Waals surface area contributed by atoms with Gasteiger partial charge in [0.25, 0.3) is 5.56 Å². The van der Waals surface area contributed by atoms with E-state index in [0.717, 1.165) is 16.7 Å². The standard InChI is InChI=1S/C22H20ClF2N3O3/c1-22(2,3)31-21(30)27-8-7-17(27)19-26-16-6-4-5-15(23)18(16)20(29)28(19)14-10-12(24)9-13(25)11-14/h4-6,9-11,17H,7-8H2,1-3H3/t17-/m0/s1. The van der Waals surface area contributed by atoms with E-state index in [1.807, 2.05) is 0 Å². The summed E-state index contributed by atoms with van der Waals surface area (Å²) in [5.74, 6) is -1.50. The number of carbonyl (C=O) groups excluding carboxylic acids is 1. The minimum Gasteiger partial charge on any atom is -0.444 e. The van der Waals surface area contributed by atoms with Crippen molar-refractivity contribution in [3.63, 3.8) is 0 Å². The number of carbonyl (C=O) groups is 1. The molecule has 1 amide bonds. The van der Waals surface area contributed by atoms with Crippen molar-refractivity contribution >= 4 is 28.6 Å². The number of amides is 1. The fourth-order valence-corrected chi connectivity index (χ4v) is 3.79. The topological polar surface area (TPSA) is 64.4 Å². The van der Waals surface area contributed by atoms with Crippen LogP contribution in [0.15, 0.2) is 41.2 Å². The van der Waals surface area contributed by atoms with E-state index in [1.54, 1.807) is 39.0 Å². The van der Waals surface area contributed by atoms with Crippen LogP contribution in [0.1, 0.15) is 39.1 Å². The number of aromatic nitrogens is 2. The largest absolute Gasteiger partial charge is 0.444 e. The number of nitrogens with zero attached hydrogens (tertiary/aromatic N) is 3. The summed E-state index contributed by atoms with van der Waals surface area (Å²) in [5.41, 5.74) is -0.987. The first-order chi connectivity index (χ1) is 14.5. The molecule has 0 spiro atoms. The molecule has 1 aliphatic heterocycles. The summed E-state index contributed by atoms with van der Waals surface area (Å²) in [7, 11) is 0. The molecule has 1 aromatic heterocycles. The fourth-order valence-electron chi connectivity index (χ4n) is 3.54. The molecule has 0 saturated carbocycles. The maximum absolute atomic E-state index is 14.0. The third-order valence-electron chi connectivity index (χ3n) is 4.92. The van der Waals surface area contributed by atoms with Crippen LogP contribution in [-0.2, 0) is 4.74 Å². The molecular formula is C22H20ClF2N3O3. The first kappa shape index (κ1) is 21.2. The Bertz CT molecular complexity index is 1230. The lowest BCUT2D eigenvalue weighted by molar-refractivity contribution is -0.00781. The van der Waals surface area contributed by atoms with E-state index in [0.29, 0.717) is 24.5 Å². The molecule has 0 aliphatic carbocycles. The molecule has 1 fully saturated rings. The maximum Gasteiger partial charge on any atom is 0.410 e. The molecule has 0 bridgehead atoms. The molecule has 162 valence electrons. The van der Waals surface area contributed by atoms with Gasteiger partial charge in [-0.05, 0) is 51.5 Å². The van der Waals surface area contributed by atoms with Gasteiger partial charge in [0.1, 0.15) is 23.1 Å². The van der Waals surface area contributed by atoms with Gasteiger partial charge in [0, 0.05) is 12.6 Å². The van der Waals surface area contributed by atoms with Gasteiger partial charge in [0.05, 0.1) is 27.7 Å². The van der Waals surface area contributed by atoms with Crippen molar-refractivity contribution in [3.8, 4) is 5.69 Å². The van der Waals surface area contributed by atoms with Gasteiger partial charge in [-0.15, -0.1) is 0 Å². The average Bonchev–Trinajstić information content (AvgIpc) is 2.58. The molecular weight excluding hydrogens is 428 g/mol. The number of ether oxygens (including phenoxy) is 1. The first-order valence-corrected chi connectivity index (χ1v) is 10.1. The van der Waals surface area contributed by atoms with Crippen LogP contribution in [0.3, 0.4) is 0 Å². The average molecular weight is 448 g/mol. The maximum atomic E-state index is 14.0. The normalized spacial score (nSPS) is 16.3. The lowest BCUT2D eigenvalue weighted by Crippen LogP contribution is -2.49. The Morgan fingerprint density at radius 3 is 2.45 bits per heavy atom. The highest BCUT2D eigenvalue weighted by atomic mass is 35.5. The quantitative estimate of drug-likeness (QED) is 0.554. The van der Waals surface area contributed by atoms with Gasteiger partial charge < -0.3 is 4.74 Å². The van der Waals surface area contributed by atoms with Gasteiger partial charge in [-0.2, -0.15) is 0 Å². The lowest BCUT2D eigenvalue weighted by atomic mass is 10.0. The molecule has 6 nitrogen and oxygen atoms in total. The van der Waals surface area contributed by atoms with Crippen molar-refractivity contribution in [2.45, 2.75) is 38.8 Å². The summed E-state index contributed by atoms with van der Waals surface area (Å²) in [6.45, 7) is 5.66. The zero-order chi connectivity index (χ0) is 22.5. The van der Waals surface area contributed by atoms with E-state index >= 15 is 0 Å². The number of fused-ring (bicyclic) bond motifs is 1. The second-order valence-electron chi connectivity index (χ2n) is 8.35. The Labute approximate surface area is 182 Å². The number of hydrogen-bond acceptors (Lipinski definition) is 4. The van der Waals surface area contributed by atoms with E-state index in [1.165, 1.54) is 4.90 Å². The van der Waals surface area contributed by atoms with E-state index in [2.05, 4.69) is 4.98 Å². The third-order valence-corrected chi connectivity index (χ3v) is 5.24. The van der Waals surface area contributed by atoms with E-state index in [4.69, 9.17) is 16.3 Å². The molecule has 2 heterocycles. The van der Waals surface area contributed by atoms with Crippen molar-refractivity contribution in [3.05, 3.63) is 69.2 Å². The molecule has 0 unspecified atom stereocenters. The summed E-state index contributed by atoms with van der Waals surface area (Å²) in [6, 6.07) is 7.01. The molecule has 0 N–H and O–H groups in total. The van der Waals surface area contributed by atoms with Crippen molar-refractivity contribution in [2.24, 2.45) is 0 Å². The summed E-state index contributed by atoms with van der Waals surface area (Å²) in [4.78, 5) is 32.0. The zero-order valence-electron chi connectivity index (χ0n) is 17.2. The number of halogens is 3. The van der Waals surface area contributed by atoms with Gasteiger partial charge in [0.2, 0.25) is 0 Å². The zero-order valence-corrected chi connectivity index (χ0v) is 17.9. The smallest absolute Gasteiger partial charge is 0.410 e. The molecule has 4 rings (SSSR count). The summed E-state index contributed by atoms with van der Waals surface area (Å²) in [5, 5.41) is 0.297. The van der Waals surface area contributed by atoms with Crippen LogP contribution in [0.5, 0.6) is 0 Å². The first-order valence-electron chi connectivity index (χ1n) is 9.72. The number of benzene rings is 2. The van der Waals surface area contributed by atoms with Crippen LogP contribution in [-0.4, -0.2) is 32.7 Å². The van der Waals surface area contributed by atoms with Crippen LogP contribution in [0.2, 0.25) is 5.02 Å². The molecule has 9 heteroatoms. The molecule has 1 aliphatic rings. The van der Waals surface area contributed by atoms with Crippen LogP contribution in [0, 0.1) is 11.6 Å². The van der Waals surface area contributed by atoms with Gasteiger partial charge in [-0.3, -0.25) is 14.3 Å². The third kappa shape index (κ3) is 3.99. The van der Waals surface area contributed by atoms with Gasteiger partial charge in [0.15, 0.2) is 0 Å². The van der Waals surface area contributed by atoms with Crippen molar-refractivity contribution in [1.82, 2.24) is 14.5 Å². The predicted octanol–water partition coefficient (Wildman–Crippen LogP) is 5.00. The number of likely N-dealkylation sites (tertiary alicyclic amines) is 1. The number of rotatable bonds is 2. The van der Waals surface area contributed by atoms with Crippen molar-refractivity contribution < 1.29 is 18.3 Å².